The van der Waals surface area contributed by atoms with Crippen molar-refractivity contribution in [3.63, 3.8) is 0 Å². The van der Waals surface area contributed by atoms with Crippen LogP contribution in [0.15, 0.2) is 12.1 Å². The van der Waals surface area contributed by atoms with Crippen LogP contribution in [-0.2, 0) is 4.79 Å². The van der Waals surface area contributed by atoms with Gasteiger partial charge in [-0.2, -0.15) is 0 Å². The number of rotatable bonds is 2. The van der Waals surface area contributed by atoms with Crippen molar-refractivity contribution in [1.82, 2.24) is 5.32 Å². The van der Waals surface area contributed by atoms with E-state index in [0.29, 0.717) is 0 Å². The minimum Gasteiger partial charge on any atom is -0.323 e. The molecule has 19 heavy (non-hydrogen) atoms. The standard InChI is InChI=1S/C14H18F2N2O/c1-8-6-12(16)13(7-11(8)15)18-14(19)10-4-3-5-17-9(10)2/h6-7,9-10,17H,3-5H2,1-2H3,(H,18,19). The summed E-state index contributed by atoms with van der Waals surface area (Å²) in [5.74, 6) is -1.60. The third kappa shape index (κ3) is 3.10. The molecule has 104 valence electrons. The summed E-state index contributed by atoms with van der Waals surface area (Å²) in [5, 5.41) is 5.69. The Morgan fingerprint density at radius 1 is 1.37 bits per heavy atom. The van der Waals surface area contributed by atoms with Crippen molar-refractivity contribution in [2.75, 3.05) is 11.9 Å². The first kappa shape index (κ1) is 13.9. The van der Waals surface area contributed by atoms with Crippen LogP contribution in [0.25, 0.3) is 0 Å². The van der Waals surface area contributed by atoms with Gasteiger partial charge in [-0.15, -0.1) is 0 Å². The Bertz CT molecular complexity index is 491. The Labute approximate surface area is 111 Å². The highest BCUT2D eigenvalue weighted by molar-refractivity contribution is 5.93. The molecule has 2 atom stereocenters. The fourth-order valence-corrected chi connectivity index (χ4v) is 2.37. The van der Waals surface area contributed by atoms with E-state index in [4.69, 9.17) is 0 Å². The van der Waals surface area contributed by atoms with E-state index in [0.717, 1.165) is 31.5 Å². The molecular weight excluding hydrogens is 250 g/mol. The molecule has 1 amide bonds. The summed E-state index contributed by atoms with van der Waals surface area (Å²) in [5.41, 5.74) is 0.133. The molecule has 0 spiro atoms. The first-order valence-electron chi connectivity index (χ1n) is 6.49. The van der Waals surface area contributed by atoms with Crippen molar-refractivity contribution in [3.05, 3.63) is 29.3 Å². The van der Waals surface area contributed by atoms with Gasteiger partial charge in [0.2, 0.25) is 5.91 Å². The Balaban J connectivity index is 2.12. The van der Waals surface area contributed by atoms with E-state index in [1.165, 1.54) is 6.92 Å². The second kappa shape index (κ2) is 5.65. The second-order valence-corrected chi connectivity index (χ2v) is 5.06. The predicted molar refractivity (Wildman–Crippen MR) is 69.9 cm³/mol. The zero-order chi connectivity index (χ0) is 14.0. The van der Waals surface area contributed by atoms with E-state index in [1.54, 1.807) is 0 Å². The largest absolute Gasteiger partial charge is 0.323 e. The van der Waals surface area contributed by atoms with Gasteiger partial charge in [-0.05, 0) is 44.9 Å². The highest BCUT2D eigenvalue weighted by Gasteiger charge is 2.28. The maximum absolute atomic E-state index is 13.7. The van der Waals surface area contributed by atoms with Gasteiger partial charge in [-0.1, -0.05) is 0 Å². The van der Waals surface area contributed by atoms with E-state index in [1.807, 2.05) is 6.92 Å². The van der Waals surface area contributed by atoms with Crippen LogP contribution in [0.1, 0.15) is 25.3 Å². The number of piperidine rings is 1. The van der Waals surface area contributed by atoms with Crippen LogP contribution >= 0.6 is 0 Å². The van der Waals surface area contributed by atoms with Gasteiger partial charge in [-0.25, -0.2) is 8.78 Å². The number of benzene rings is 1. The van der Waals surface area contributed by atoms with E-state index < -0.39 is 11.6 Å². The molecule has 0 saturated carbocycles. The monoisotopic (exact) mass is 268 g/mol. The first-order valence-corrected chi connectivity index (χ1v) is 6.49. The van der Waals surface area contributed by atoms with Gasteiger partial charge in [0.05, 0.1) is 11.6 Å². The van der Waals surface area contributed by atoms with Gasteiger partial charge >= 0.3 is 0 Å². The van der Waals surface area contributed by atoms with Crippen molar-refractivity contribution >= 4 is 11.6 Å². The number of nitrogens with one attached hydrogen (secondary N) is 2. The Morgan fingerprint density at radius 3 is 2.79 bits per heavy atom. The number of carbonyl (C=O) groups excluding carboxylic acids is 1. The van der Waals surface area contributed by atoms with E-state index in [2.05, 4.69) is 10.6 Å². The molecule has 1 fully saturated rings. The summed E-state index contributed by atoms with van der Waals surface area (Å²) in [6, 6.07) is 2.17. The Kier molecular flexibility index (Phi) is 4.14. The molecule has 1 aromatic carbocycles. The van der Waals surface area contributed by atoms with Crippen LogP contribution in [0.5, 0.6) is 0 Å². The maximum Gasteiger partial charge on any atom is 0.229 e. The molecule has 1 aliphatic rings. The topological polar surface area (TPSA) is 41.1 Å². The Hall–Kier alpha value is -1.49. The van der Waals surface area contributed by atoms with Gasteiger partial charge in [-0.3, -0.25) is 4.79 Å². The number of halogens is 2. The average Bonchev–Trinajstić information content (AvgIpc) is 2.36. The number of hydrogen-bond acceptors (Lipinski definition) is 2. The van der Waals surface area contributed by atoms with Gasteiger partial charge in [0.1, 0.15) is 11.6 Å². The summed E-state index contributed by atoms with van der Waals surface area (Å²) in [6.45, 7) is 4.30. The fourth-order valence-electron chi connectivity index (χ4n) is 2.37. The van der Waals surface area contributed by atoms with Gasteiger partial charge in [0, 0.05) is 12.1 Å². The maximum atomic E-state index is 13.7. The van der Waals surface area contributed by atoms with Gasteiger partial charge < -0.3 is 10.6 Å². The van der Waals surface area contributed by atoms with Crippen molar-refractivity contribution in [2.45, 2.75) is 32.7 Å². The zero-order valence-corrected chi connectivity index (χ0v) is 11.1. The molecule has 2 rings (SSSR count). The minimum atomic E-state index is -0.608. The lowest BCUT2D eigenvalue weighted by Crippen LogP contribution is -2.44. The van der Waals surface area contributed by atoms with Gasteiger partial charge in [0.15, 0.2) is 0 Å². The molecule has 0 bridgehead atoms. The molecule has 0 aromatic heterocycles. The molecule has 0 radical (unpaired) electrons. The molecule has 3 nitrogen and oxygen atoms in total. The van der Waals surface area contributed by atoms with Crippen LogP contribution in [0, 0.1) is 24.5 Å². The van der Waals surface area contributed by atoms with Crippen LogP contribution in [-0.4, -0.2) is 18.5 Å². The zero-order valence-electron chi connectivity index (χ0n) is 11.1. The quantitative estimate of drug-likeness (QED) is 0.865. The molecule has 1 aliphatic heterocycles. The average molecular weight is 268 g/mol. The molecule has 1 heterocycles. The molecule has 2 N–H and O–H groups in total. The van der Waals surface area contributed by atoms with E-state index in [-0.39, 0.29) is 29.1 Å². The van der Waals surface area contributed by atoms with E-state index in [9.17, 15) is 13.6 Å². The number of aryl methyl sites for hydroxylation is 1. The molecule has 5 heteroatoms. The second-order valence-electron chi connectivity index (χ2n) is 5.06. The smallest absolute Gasteiger partial charge is 0.229 e. The number of hydrogen-bond donors (Lipinski definition) is 2. The first-order chi connectivity index (χ1) is 8.99. The highest BCUT2D eigenvalue weighted by Crippen LogP contribution is 2.22. The Morgan fingerprint density at radius 2 is 2.11 bits per heavy atom. The van der Waals surface area contributed by atoms with Crippen molar-refractivity contribution in [2.24, 2.45) is 5.92 Å². The molecule has 1 saturated heterocycles. The normalized spacial score (nSPS) is 23.2. The highest BCUT2D eigenvalue weighted by atomic mass is 19.1. The van der Waals surface area contributed by atoms with E-state index >= 15 is 0 Å². The lowest BCUT2D eigenvalue weighted by molar-refractivity contribution is -0.121. The molecule has 0 aliphatic carbocycles. The van der Waals surface area contributed by atoms with Crippen molar-refractivity contribution < 1.29 is 13.6 Å². The molecular formula is C14H18F2N2O. The summed E-state index contributed by atoms with van der Waals surface area (Å²) in [7, 11) is 0. The van der Waals surface area contributed by atoms with Crippen molar-refractivity contribution in [1.29, 1.82) is 0 Å². The van der Waals surface area contributed by atoms with Crippen LogP contribution < -0.4 is 10.6 Å². The SMILES string of the molecule is Cc1cc(F)c(NC(=O)C2CCCNC2C)cc1F. The molecule has 2 unspecified atom stereocenters. The minimum absolute atomic E-state index is 0.0482. The predicted octanol–water partition coefficient (Wildman–Crippen LogP) is 2.60. The molecule has 1 aromatic rings. The number of carbonyl (C=O) groups is 1. The fraction of sp³-hybridized carbons (Fsp3) is 0.500. The lowest BCUT2D eigenvalue weighted by atomic mass is 9.91. The van der Waals surface area contributed by atoms with Crippen LogP contribution in [0.3, 0.4) is 0 Å². The summed E-state index contributed by atoms with van der Waals surface area (Å²) in [4.78, 5) is 12.1. The third-order valence-corrected chi connectivity index (χ3v) is 3.60. The third-order valence-electron chi connectivity index (χ3n) is 3.60. The summed E-state index contributed by atoms with van der Waals surface area (Å²) >= 11 is 0. The lowest BCUT2D eigenvalue weighted by Gasteiger charge is -2.28. The van der Waals surface area contributed by atoms with Crippen LogP contribution in [0.2, 0.25) is 0 Å². The number of anilines is 1. The van der Waals surface area contributed by atoms with Gasteiger partial charge in [0.25, 0.3) is 0 Å². The number of amides is 1. The summed E-state index contributed by atoms with van der Waals surface area (Å²) < 4.78 is 27.1. The van der Waals surface area contributed by atoms with Crippen molar-refractivity contribution in [3.8, 4) is 0 Å². The van der Waals surface area contributed by atoms with Crippen LogP contribution in [0.4, 0.5) is 14.5 Å². The summed E-state index contributed by atoms with van der Waals surface area (Å²) in [6.07, 6.45) is 1.67.